The average Bonchev–Trinajstić information content (AvgIpc) is 2.63. The summed E-state index contributed by atoms with van der Waals surface area (Å²) in [5, 5.41) is 12.0. The van der Waals surface area contributed by atoms with Crippen LogP contribution in [0.15, 0.2) is 36.5 Å². The Kier molecular flexibility index (Phi) is 5.86. The number of hydrogen-bond donors (Lipinski definition) is 1. The lowest BCUT2D eigenvalue weighted by Crippen LogP contribution is -2.58. The Balaban J connectivity index is 1.65. The van der Waals surface area contributed by atoms with Crippen molar-refractivity contribution in [2.45, 2.75) is 25.0 Å². The average molecular weight is 357 g/mol. The molecule has 1 aromatic carbocycles. The zero-order chi connectivity index (χ0) is 18.6. The largest absolute Gasteiger partial charge is 0.383 e. The Morgan fingerprint density at radius 2 is 2.23 bits per heavy atom. The number of fused-ring (bicyclic) bond motifs is 1. The van der Waals surface area contributed by atoms with E-state index >= 15 is 0 Å². The summed E-state index contributed by atoms with van der Waals surface area (Å²) < 4.78 is 5.07. The van der Waals surface area contributed by atoms with E-state index in [-0.39, 0.29) is 5.91 Å². The molecule has 1 aliphatic rings. The third-order valence-corrected chi connectivity index (χ3v) is 4.92. The predicted molar refractivity (Wildman–Crippen MR) is 101 cm³/mol. The van der Waals surface area contributed by atoms with Crippen LogP contribution in [0, 0.1) is 0 Å². The zero-order valence-corrected chi connectivity index (χ0v) is 15.5. The van der Waals surface area contributed by atoms with Crippen LogP contribution >= 0.6 is 0 Å². The van der Waals surface area contributed by atoms with Gasteiger partial charge in [0.15, 0.2) is 5.60 Å². The van der Waals surface area contributed by atoms with Gasteiger partial charge in [-0.1, -0.05) is 12.1 Å². The van der Waals surface area contributed by atoms with Crippen LogP contribution in [0.1, 0.15) is 18.4 Å². The molecular formula is C20H27N3O3. The summed E-state index contributed by atoms with van der Waals surface area (Å²) in [6.07, 6.45) is 3.09. The first-order valence-electron chi connectivity index (χ1n) is 9.05. The molecule has 1 amide bonds. The Labute approximate surface area is 154 Å². The fourth-order valence-electron chi connectivity index (χ4n) is 3.66. The van der Waals surface area contributed by atoms with Gasteiger partial charge in [-0.2, -0.15) is 0 Å². The fourth-order valence-corrected chi connectivity index (χ4v) is 3.66. The molecule has 1 N–H and O–H groups in total. The van der Waals surface area contributed by atoms with Gasteiger partial charge in [0, 0.05) is 44.9 Å². The Hall–Kier alpha value is -2.02. The first kappa shape index (κ1) is 18.8. The highest BCUT2D eigenvalue weighted by Crippen LogP contribution is 2.24. The number of amides is 1. The molecule has 6 heteroatoms. The van der Waals surface area contributed by atoms with Gasteiger partial charge < -0.3 is 14.7 Å². The van der Waals surface area contributed by atoms with Gasteiger partial charge in [0.1, 0.15) is 0 Å². The van der Waals surface area contributed by atoms with Gasteiger partial charge >= 0.3 is 0 Å². The molecule has 0 unspecified atom stereocenters. The first-order valence-corrected chi connectivity index (χ1v) is 9.05. The number of carbonyl (C=O) groups is 1. The molecule has 0 radical (unpaired) electrons. The van der Waals surface area contributed by atoms with Crippen LogP contribution in [0.4, 0.5) is 0 Å². The number of benzene rings is 1. The number of aliphatic hydroxyl groups is 1. The fraction of sp³-hybridized carbons (Fsp3) is 0.500. The molecule has 2 heterocycles. The van der Waals surface area contributed by atoms with Crippen molar-refractivity contribution in [3.63, 3.8) is 0 Å². The summed E-state index contributed by atoms with van der Waals surface area (Å²) in [5.41, 5.74) is 0.781. The number of hydrogen-bond acceptors (Lipinski definition) is 5. The van der Waals surface area contributed by atoms with E-state index in [4.69, 9.17) is 4.74 Å². The second-order valence-corrected chi connectivity index (χ2v) is 7.12. The lowest BCUT2D eigenvalue weighted by molar-refractivity contribution is -0.159. The van der Waals surface area contributed by atoms with Crippen molar-refractivity contribution in [1.29, 1.82) is 0 Å². The van der Waals surface area contributed by atoms with Gasteiger partial charge in [-0.15, -0.1) is 0 Å². The van der Waals surface area contributed by atoms with Crippen LogP contribution in [-0.2, 0) is 16.1 Å². The number of likely N-dealkylation sites (N-methyl/N-ethyl adjacent to an activating group) is 1. The molecule has 1 aliphatic heterocycles. The first-order chi connectivity index (χ1) is 12.5. The zero-order valence-electron chi connectivity index (χ0n) is 15.5. The quantitative estimate of drug-likeness (QED) is 0.816. The van der Waals surface area contributed by atoms with E-state index < -0.39 is 5.60 Å². The monoisotopic (exact) mass is 357 g/mol. The lowest BCUT2D eigenvalue weighted by atomic mass is 9.91. The molecule has 0 bridgehead atoms. The molecule has 1 aromatic heterocycles. The second kappa shape index (κ2) is 8.12. The molecular weight excluding hydrogens is 330 g/mol. The van der Waals surface area contributed by atoms with E-state index in [2.05, 4.69) is 11.1 Å². The van der Waals surface area contributed by atoms with E-state index in [0.717, 1.165) is 22.9 Å². The number of likely N-dealkylation sites (tertiary alicyclic amines) is 1. The highest BCUT2D eigenvalue weighted by Gasteiger charge is 2.42. The van der Waals surface area contributed by atoms with E-state index in [9.17, 15) is 9.90 Å². The minimum atomic E-state index is -1.32. The molecule has 0 spiro atoms. The Morgan fingerprint density at radius 1 is 1.38 bits per heavy atom. The molecule has 1 saturated heterocycles. The number of methoxy groups -OCH3 is 1. The predicted octanol–water partition coefficient (Wildman–Crippen LogP) is 1.67. The molecule has 1 atom stereocenters. The SMILES string of the molecule is COCCN1CCC[C@](O)(CN(C)Cc2ccc3ncccc3c2)C1=O. The van der Waals surface area contributed by atoms with Crippen LogP contribution in [0.2, 0.25) is 0 Å². The standard InChI is InChI=1S/C20H27N3O3/c1-22(14-16-6-7-18-17(13-16)5-3-9-21-18)15-20(25)8-4-10-23(19(20)24)11-12-26-2/h3,5-7,9,13,25H,4,8,10-12,14-15H2,1-2H3/t20-/m0/s1. The number of aromatic nitrogens is 1. The van der Waals surface area contributed by atoms with Crippen molar-refractivity contribution in [3.05, 3.63) is 42.1 Å². The van der Waals surface area contributed by atoms with Gasteiger partial charge in [-0.25, -0.2) is 0 Å². The molecule has 0 aliphatic carbocycles. The second-order valence-electron chi connectivity index (χ2n) is 7.12. The number of ether oxygens (including phenoxy) is 1. The van der Waals surface area contributed by atoms with Crippen LogP contribution in [-0.4, -0.2) is 71.8 Å². The Bertz CT molecular complexity index is 767. The summed E-state index contributed by atoms with van der Waals surface area (Å²) in [5.74, 6) is -0.185. The maximum Gasteiger partial charge on any atom is 0.255 e. The number of nitrogens with zero attached hydrogens (tertiary/aromatic N) is 3. The van der Waals surface area contributed by atoms with E-state index in [1.165, 1.54) is 0 Å². The van der Waals surface area contributed by atoms with Crippen molar-refractivity contribution in [2.24, 2.45) is 0 Å². The molecule has 3 rings (SSSR count). The smallest absolute Gasteiger partial charge is 0.255 e. The van der Waals surface area contributed by atoms with Crippen molar-refractivity contribution >= 4 is 16.8 Å². The molecule has 2 aromatic rings. The normalized spacial score (nSPS) is 20.9. The maximum atomic E-state index is 12.7. The van der Waals surface area contributed by atoms with Gasteiger partial charge in [-0.05, 0) is 43.7 Å². The van der Waals surface area contributed by atoms with Gasteiger partial charge in [0.25, 0.3) is 5.91 Å². The molecule has 0 saturated carbocycles. The molecule has 26 heavy (non-hydrogen) atoms. The summed E-state index contributed by atoms with van der Waals surface area (Å²) in [7, 11) is 3.56. The number of rotatable bonds is 7. The third kappa shape index (κ3) is 4.20. The molecule has 140 valence electrons. The van der Waals surface area contributed by atoms with Crippen molar-refractivity contribution in [1.82, 2.24) is 14.8 Å². The van der Waals surface area contributed by atoms with Crippen LogP contribution in [0.3, 0.4) is 0 Å². The van der Waals surface area contributed by atoms with Crippen LogP contribution in [0.5, 0.6) is 0 Å². The summed E-state index contributed by atoms with van der Waals surface area (Å²) in [4.78, 5) is 20.8. The highest BCUT2D eigenvalue weighted by atomic mass is 16.5. The number of piperidine rings is 1. The van der Waals surface area contributed by atoms with Gasteiger partial charge in [0.05, 0.1) is 12.1 Å². The summed E-state index contributed by atoms with van der Waals surface area (Å²) >= 11 is 0. The third-order valence-electron chi connectivity index (χ3n) is 4.92. The van der Waals surface area contributed by atoms with Crippen LogP contribution < -0.4 is 0 Å². The minimum Gasteiger partial charge on any atom is -0.383 e. The molecule has 6 nitrogen and oxygen atoms in total. The maximum absolute atomic E-state index is 12.7. The van der Waals surface area contributed by atoms with Crippen molar-refractivity contribution in [2.75, 3.05) is 40.4 Å². The summed E-state index contributed by atoms with van der Waals surface area (Å²) in [6, 6.07) is 10.1. The van der Waals surface area contributed by atoms with Gasteiger partial charge in [-0.3, -0.25) is 14.7 Å². The van der Waals surface area contributed by atoms with E-state index in [1.807, 2.05) is 36.2 Å². The summed E-state index contributed by atoms with van der Waals surface area (Å²) in [6.45, 7) is 2.69. The molecule has 1 fully saturated rings. The number of pyridine rings is 1. The number of carbonyl (C=O) groups excluding carboxylic acids is 1. The lowest BCUT2D eigenvalue weighted by Gasteiger charge is -2.40. The van der Waals surface area contributed by atoms with Gasteiger partial charge in [0.2, 0.25) is 0 Å². The van der Waals surface area contributed by atoms with E-state index in [1.54, 1.807) is 18.2 Å². The van der Waals surface area contributed by atoms with Crippen molar-refractivity contribution < 1.29 is 14.6 Å². The van der Waals surface area contributed by atoms with E-state index in [0.29, 0.717) is 39.2 Å². The minimum absolute atomic E-state index is 0.185. The van der Waals surface area contributed by atoms with Crippen molar-refractivity contribution in [3.8, 4) is 0 Å². The van der Waals surface area contributed by atoms with Crippen LogP contribution in [0.25, 0.3) is 10.9 Å². The highest BCUT2D eigenvalue weighted by molar-refractivity contribution is 5.86. The topological polar surface area (TPSA) is 65.9 Å². The Morgan fingerprint density at radius 3 is 3.04 bits per heavy atom.